The molecule has 1 N–H and O–H groups in total. The predicted octanol–water partition coefficient (Wildman–Crippen LogP) is 3.01. The largest absolute Gasteiger partial charge is 0.420 e. The lowest BCUT2D eigenvalue weighted by molar-refractivity contribution is -0.131. The first-order valence-electron chi connectivity index (χ1n) is 9.69. The first kappa shape index (κ1) is 20.0. The number of anilines is 1. The van der Waals surface area contributed by atoms with E-state index >= 15 is 0 Å². The van der Waals surface area contributed by atoms with E-state index in [2.05, 4.69) is 5.32 Å². The van der Waals surface area contributed by atoms with E-state index in [0.29, 0.717) is 54.4 Å². The lowest BCUT2D eigenvalue weighted by Crippen LogP contribution is -2.40. The number of urea groups is 1. The van der Waals surface area contributed by atoms with Crippen LogP contribution in [-0.2, 0) is 11.3 Å². The van der Waals surface area contributed by atoms with Crippen molar-refractivity contribution in [2.45, 2.75) is 13.0 Å². The van der Waals surface area contributed by atoms with Crippen LogP contribution in [0.25, 0.3) is 11.1 Å². The summed E-state index contributed by atoms with van der Waals surface area (Å²) < 4.78 is 6.53. The lowest BCUT2D eigenvalue weighted by atomic mass is 10.3. The van der Waals surface area contributed by atoms with Crippen molar-refractivity contribution in [2.75, 3.05) is 31.5 Å². The van der Waals surface area contributed by atoms with E-state index in [9.17, 15) is 14.4 Å². The lowest BCUT2D eigenvalue weighted by Gasteiger charge is -2.22. The third kappa shape index (κ3) is 4.33. The molecule has 0 unspecified atom stereocenters. The highest BCUT2D eigenvalue weighted by Crippen LogP contribution is 2.16. The van der Waals surface area contributed by atoms with Gasteiger partial charge >= 0.3 is 11.8 Å². The minimum atomic E-state index is -0.554. The molecular weight excluding hydrogens is 408 g/mol. The molecule has 1 saturated heterocycles. The zero-order chi connectivity index (χ0) is 21.1. The highest BCUT2D eigenvalue weighted by molar-refractivity contribution is 6.30. The number of rotatable bonds is 3. The molecule has 156 valence electrons. The third-order valence-corrected chi connectivity index (χ3v) is 5.31. The highest BCUT2D eigenvalue weighted by Gasteiger charge is 2.23. The molecular formula is C21H21ClN4O4. The molecule has 30 heavy (non-hydrogen) atoms. The number of carbonyl (C=O) groups is 2. The molecule has 2 heterocycles. The second-order valence-electron chi connectivity index (χ2n) is 7.08. The van der Waals surface area contributed by atoms with Gasteiger partial charge in [-0.15, -0.1) is 0 Å². The number of benzene rings is 2. The molecule has 0 aliphatic carbocycles. The highest BCUT2D eigenvalue weighted by atomic mass is 35.5. The molecule has 4 rings (SSSR count). The van der Waals surface area contributed by atoms with E-state index in [-0.39, 0.29) is 18.5 Å². The van der Waals surface area contributed by atoms with E-state index in [1.165, 1.54) is 4.57 Å². The van der Waals surface area contributed by atoms with E-state index in [0.717, 1.165) is 0 Å². The Labute approximate surface area is 177 Å². The number of oxazole rings is 1. The van der Waals surface area contributed by atoms with Gasteiger partial charge in [0.25, 0.3) is 0 Å². The van der Waals surface area contributed by atoms with Crippen molar-refractivity contribution in [3.63, 3.8) is 0 Å². The quantitative estimate of drug-likeness (QED) is 0.694. The average molecular weight is 429 g/mol. The van der Waals surface area contributed by atoms with Crippen molar-refractivity contribution >= 4 is 40.3 Å². The minimum Gasteiger partial charge on any atom is -0.408 e. The Morgan fingerprint density at radius 3 is 2.60 bits per heavy atom. The number of fused-ring (bicyclic) bond motifs is 1. The fourth-order valence-electron chi connectivity index (χ4n) is 3.54. The number of carbonyl (C=O) groups excluding carboxylic acids is 2. The number of nitrogens with one attached hydrogen (secondary N) is 1. The number of aromatic nitrogens is 1. The molecule has 0 spiro atoms. The van der Waals surface area contributed by atoms with Crippen molar-refractivity contribution in [1.29, 1.82) is 0 Å². The molecule has 0 bridgehead atoms. The van der Waals surface area contributed by atoms with Crippen LogP contribution in [0, 0.1) is 0 Å². The molecule has 2 aromatic carbocycles. The van der Waals surface area contributed by atoms with Crippen LogP contribution in [0.15, 0.2) is 57.7 Å². The van der Waals surface area contributed by atoms with Gasteiger partial charge in [0.1, 0.15) is 6.54 Å². The monoisotopic (exact) mass is 428 g/mol. The van der Waals surface area contributed by atoms with E-state index in [1.54, 1.807) is 58.3 Å². The Morgan fingerprint density at radius 2 is 1.77 bits per heavy atom. The summed E-state index contributed by atoms with van der Waals surface area (Å²) in [6.07, 6.45) is 0.649. The van der Waals surface area contributed by atoms with Gasteiger partial charge < -0.3 is 19.5 Å². The number of amides is 3. The van der Waals surface area contributed by atoms with Crippen LogP contribution in [0.3, 0.4) is 0 Å². The van der Waals surface area contributed by atoms with Crippen molar-refractivity contribution in [2.24, 2.45) is 0 Å². The predicted molar refractivity (Wildman–Crippen MR) is 114 cm³/mol. The molecule has 1 aliphatic rings. The summed E-state index contributed by atoms with van der Waals surface area (Å²) in [5.74, 6) is -0.734. The maximum absolute atomic E-state index is 12.8. The van der Waals surface area contributed by atoms with Crippen LogP contribution in [-0.4, -0.2) is 52.5 Å². The van der Waals surface area contributed by atoms with Crippen LogP contribution in [0.1, 0.15) is 6.42 Å². The summed E-state index contributed by atoms with van der Waals surface area (Å²) in [7, 11) is 0. The van der Waals surface area contributed by atoms with Crippen molar-refractivity contribution < 1.29 is 14.0 Å². The summed E-state index contributed by atoms with van der Waals surface area (Å²) in [5, 5.41) is 3.37. The van der Waals surface area contributed by atoms with Gasteiger partial charge in [0, 0.05) is 36.9 Å². The standard InChI is InChI=1S/C21H21ClN4O4/c22-15-5-3-6-16(13-15)23-20(28)25-10-4-9-24(11-12-25)19(27)14-26-17-7-1-2-8-18(17)30-21(26)29/h1-3,5-8,13H,4,9-12,14H2,(H,23,28). The summed E-state index contributed by atoms with van der Waals surface area (Å²) in [5.41, 5.74) is 1.67. The summed E-state index contributed by atoms with van der Waals surface area (Å²) in [6, 6.07) is 13.7. The number of nitrogens with zero attached hydrogens (tertiary/aromatic N) is 3. The molecule has 8 nitrogen and oxygen atoms in total. The normalized spacial score (nSPS) is 14.6. The Bertz CT molecular complexity index is 1140. The van der Waals surface area contributed by atoms with Gasteiger partial charge in [-0.25, -0.2) is 9.59 Å². The number of hydrogen-bond acceptors (Lipinski definition) is 4. The molecule has 9 heteroatoms. The van der Waals surface area contributed by atoms with E-state index in [1.807, 2.05) is 0 Å². The second-order valence-corrected chi connectivity index (χ2v) is 7.52. The molecule has 0 radical (unpaired) electrons. The molecule has 3 aromatic rings. The van der Waals surface area contributed by atoms with Gasteiger partial charge in [0.15, 0.2) is 5.58 Å². The summed E-state index contributed by atoms with van der Waals surface area (Å²) in [4.78, 5) is 40.9. The molecule has 0 atom stereocenters. The average Bonchev–Trinajstić information content (AvgIpc) is 2.90. The number of halogens is 1. The van der Waals surface area contributed by atoms with Crippen molar-refractivity contribution in [1.82, 2.24) is 14.4 Å². The van der Waals surface area contributed by atoms with Gasteiger partial charge in [-0.05, 0) is 36.8 Å². The molecule has 3 amide bonds. The van der Waals surface area contributed by atoms with Gasteiger partial charge in [-0.3, -0.25) is 9.36 Å². The fourth-order valence-corrected chi connectivity index (χ4v) is 3.73. The zero-order valence-electron chi connectivity index (χ0n) is 16.2. The van der Waals surface area contributed by atoms with Crippen LogP contribution in [0.5, 0.6) is 0 Å². The van der Waals surface area contributed by atoms with Gasteiger partial charge in [0.2, 0.25) is 5.91 Å². The zero-order valence-corrected chi connectivity index (χ0v) is 17.0. The van der Waals surface area contributed by atoms with E-state index < -0.39 is 5.76 Å². The second kappa shape index (κ2) is 8.62. The SMILES string of the molecule is O=C(Cn1c(=O)oc2ccccc21)N1CCCN(C(=O)Nc2cccc(Cl)c2)CC1. The molecule has 0 saturated carbocycles. The molecule has 1 aliphatic heterocycles. The smallest absolute Gasteiger partial charge is 0.408 e. The molecule has 1 fully saturated rings. The summed E-state index contributed by atoms with van der Waals surface area (Å²) >= 11 is 5.96. The third-order valence-electron chi connectivity index (χ3n) is 5.08. The maximum atomic E-state index is 12.8. The fraction of sp³-hybridized carbons (Fsp3) is 0.286. The van der Waals surface area contributed by atoms with Crippen LogP contribution in [0.4, 0.5) is 10.5 Å². The van der Waals surface area contributed by atoms with E-state index in [4.69, 9.17) is 16.0 Å². The van der Waals surface area contributed by atoms with Gasteiger partial charge in [-0.1, -0.05) is 29.8 Å². The number of para-hydroxylation sites is 2. The first-order chi connectivity index (χ1) is 14.5. The maximum Gasteiger partial charge on any atom is 0.420 e. The Kier molecular flexibility index (Phi) is 5.76. The van der Waals surface area contributed by atoms with Crippen LogP contribution in [0.2, 0.25) is 5.02 Å². The first-order valence-corrected chi connectivity index (χ1v) is 10.1. The van der Waals surface area contributed by atoms with Crippen molar-refractivity contribution in [3.8, 4) is 0 Å². The number of hydrogen-bond donors (Lipinski definition) is 1. The Balaban J connectivity index is 1.39. The molecule has 1 aromatic heterocycles. The van der Waals surface area contributed by atoms with Crippen LogP contribution < -0.4 is 11.1 Å². The minimum absolute atomic E-state index is 0.0927. The van der Waals surface area contributed by atoms with Gasteiger partial charge in [-0.2, -0.15) is 0 Å². The van der Waals surface area contributed by atoms with Gasteiger partial charge in [0.05, 0.1) is 5.52 Å². The Hall–Kier alpha value is -3.26. The topological polar surface area (TPSA) is 87.8 Å². The van der Waals surface area contributed by atoms with Crippen molar-refractivity contribution in [3.05, 3.63) is 64.1 Å². The Morgan fingerprint density at radius 1 is 1.00 bits per heavy atom. The summed E-state index contributed by atoms with van der Waals surface area (Å²) in [6.45, 7) is 1.76. The van der Waals surface area contributed by atoms with Crippen LogP contribution >= 0.6 is 11.6 Å².